The van der Waals surface area contributed by atoms with Gasteiger partial charge in [0.15, 0.2) is 0 Å². The first-order valence-electron chi connectivity index (χ1n) is 14.8. The van der Waals surface area contributed by atoms with Gasteiger partial charge in [0, 0.05) is 24.0 Å². The van der Waals surface area contributed by atoms with Gasteiger partial charge in [-0.05, 0) is 74.4 Å². The molecule has 0 saturated carbocycles. The molecule has 1 unspecified atom stereocenters. The SMILES string of the molecule is Cc1ccc(S(=O)(=O)N(CC(=O)N(Cc2ccc(Cl)cc2)C(Cc2ccccc2)C(=O)NC(C)C)c2cccc(C(F)(F)F)c2)cc1. The fourth-order valence-corrected chi connectivity index (χ4v) is 6.46. The third-order valence-electron chi connectivity index (χ3n) is 7.32. The number of hydrogen-bond acceptors (Lipinski definition) is 4. The lowest BCUT2D eigenvalue weighted by molar-refractivity contribution is -0.140. The Hall–Kier alpha value is -4.35. The van der Waals surface area contributed by atoms with E-state index in [-0.39, 0.29) is 29.6 Å². The molecule has 0 spiro atoms. The van der Waals surface area contributed by atoms with Crippen LogP contribution in [0.25, 0.3) is 0 Å². The van der Waals surface area contributed by atoms with Crippen molar-refractivity contribution >= 4 is 39.1 Å². The summed E-state index contributed by atoms with van der Waals surface area (Å²) in [5.74, 6) is -1.27. The van der Waals surface area contributed by atoms with E-state index in [9.17, 15) is 31.2 Å². The maximum Gasteiger partial charge on any atom is 0.416 e. The van der Waals surface area contributed by atoms with Crippen LogP contribution < -0.4 is 9.62 Å². The number of halogens is 4. The van der Waals surface area contributed by atoms with Gasteiger partial charge in [-0.3, -0.25) is 13.9 Å². The molecule has 47 heavy (non-hydrogen) atoms. The van der Waals surface area contributed by atoms with Crippen molar-refractivity contribution in [1.29, 1.82) is 0 Å². The van der Waals surface area contributed by atoms with Gasteiger partial charge in [0.25, 0.3) is 10.0 Å². The first-order valence-corrected chi connectivity index (χ1v) is 16.6. The minimum atomic E-state index is -4.77. The largest absolute Gasteiger partial charge is 0.416 e. The summed E-state index contributed by atoms with van der Waals surface area (Å²) in [6, 6.07) is 23.8. The van der Waals surface area contributed by atoms with Crippen LogP contribution in [0.5, 0.6) is 0 Å². The molecule has 7 nitrogen and oxygen atoms in total. The number of nitrogens with zero attached hydrogens (tertiary/aromatic N) is 2. The number of hydrogen-bond donors (Lipinski definition) is 1. The van der Waals surface area contributed by atoms with Gasteiger partial charge in [0.05, 0.1) is 16.1 Å². The number of aryl methyl sites for hydroxylation is 1. The zero-order valence-corrected chi connectivity index (χ0v) is 27.6. The molecule has 248 valence electrons. The number of nitrogens with one attached hydrogen (secondary N) is 1. The molecular weight excluding hydrogens is 651 g/mol. The summed E-state index contributed by atoms with van der Waals surface area (Å²) in [4.78, 5) is 29.2. The van der Waals surface area contributed by atoms with Crippen molar-refractivity contribution in [2.24, 2.45) is 0 Å². The van der Waals surface area contributed by atoms with E-state index in [2.05, 4.69) is 5.32 Å². The molecule has 0 aliphatic rings. The Bertz CT molecular complexity index is 1780. The van der Waals surface area contributed by atoms with E-state index >= 15 is 0 Å². The zero-order chi connectivity index (χ0) is 34.4. The number of rotatable bonds is 12. The minimum absolute atomic E-state index is 0.0903. The molecule has 0 radical (unpaired) electrons. The number of carbonyl (C=O) groups excluding carboxylic acids is 2. The molecular formula is C35H35ClF3N3O4S. The van der Waals surface area contributed by atoms with Crippen molar-refractivity contribution in [3.05, 3.63) is 130 Å². The highest BCUT2D eigenvalue weighted by atomic mass is 35.5. The highest BCUT2D eigenvalue weighted by Gasteiger charge is 2.36. The molecule has 0 aromatic heterocycles. The van der Waals surface area contributed by atoms with Crippen molar-refractivity contribution < 1.29 is 31.2 Å². The lowest BCUT2D eigenvalue weighted by Crippen LogP contribution is -2.54. The van der Waals surface area contributed by atoms with Crippen LogP contribution in [0.4, 0.5) is 18.9 Å². The second-order valence-electron chi connectivity index (χ2n) is 11.4. The predicted octanol–water partition coefficient (Wildman–Crippen LogP) is 7.03. The zero-order valence-electron chi connectivity index (χ0n) is 26.0. The normalized spacial score (nSPS) is 12.4. The van der Waals surface area contributed by atoms with Gasteiger partial charge in [-0.1, -0.05) is 77.8 Å². The summed E-state index contributed by atoms with van der Waals surface area (Å²) in [5.41, 5.74) is 0.673. The smallest absolute Gasteiger partial charge is 0.352 e. The highest BCUT2D eigenvalue weighted by molar-refractivity contribution is 7.92. The number of alkyl halides is 3. The third-order valence-corrected chi connectivity index (χ3v) is 9.36. The average molecular weight is 686 g/mol. The van der Waals surface area contributed by atoms with Crippen LogP contribution in [0.1, 0.15) is 36.1 Å². The molecule has 0 fully saturated rings. The summed E-state index contributed by atoms with van der Waals surface area (Å²) >= 11 is 6.09. The molecule has 0 saturated heterocycles. The maximum atomic E-state index is 14.4. The van der Waals surface area contributed by atoms with E-state index < -0.39 is 46.2 Å². The Morgan fingerprint density at radius 1 is 0.851 bits per heavy atom. The fourth-order valence-electron chi connectivity index (χ4n) is 4.92. The Kier molecular flexibility index (Phi) is 11.4. The monoisotopic (exact) mass is 685 g/mol. The van der Waals surface area contributed by atoms with Crippen molar-refractivity contribution in [2.45, 2.75) is 56.9 Å². The summed E-state index contributed by atoms with van der Waals surface area (Å²) in [6.07, 6.45) is -4.68. The Balaban J connectivity index is 1.84. The van der Waals surface area contributed by atoms with Gasteiger partial charge in [-0.2, -0.15) is 13.2 Å². The fraction of sp³-hybridized carbons (Fsp3) is 0.257. The average Bonchev–Trinajstić information content (AvgIpc) is 3.02. The van der Waals surface area contributed by atoms with Gasteiger partial charge in [0.2, 0.25) is 11.8 Å². The standard InChI is InChI=1S/C35H35ClF3N3O4S/c1-24(2)40-34(44)32(20-26-8-5-4-6-9-26)41(22-27-14-16-29(36)17-15-27)33(43)23-42(30-11-7-10-28(21-30)35(37,38)39)47(45,46)31-18-12-25(3)13-19-31/h4-19,21,24,32H,20,22-23H2,1-3H3,(H,40,44). The van der Waals surface area contributed by atoms with Crippen molar-refractivity contribution in [3.63, 3.8) is 0 Å². The van der Waals surface area contributed by atoms with Crippen LogP contribution in [0.2, 0.25) is 5.02 Å². The number of anilines is 1. The number of carbonyl (C=O) groups is 2. The Morgan fingerprint density at radius 3 is 2.09 bits per heavy atom. The summed E-state index contributed by atoms with van der Waals surface area (Å²) in [7, 11) is -4.56. The van der Waals surface area contributed by atoms with Crippen LogP contribution in [0, 0.1) is 6.92 Å². The molecule has 1 atom stereocenters. The Labute approximate surface area is 278 Å². The lowest BCUT2D eigenvalue weighted by atomic mass is 10.0. The molecule has 2 amide bonds. The lowest BCUT2D eigenvalue weighted by Gasteiger charge is -2.34. The topological polar surface area (TPSA) is 86.8 Å². The first kappa shape index (κ1) is 35.5. The highest BCUT2D eigenvalue weighted by Crippen LogP contribution is 2.33. The van der Waals surface area contributed by atoms with E-state index in [1.54, 1.807) is 81.4 Å². The minimum Gasteiger partial charge on any atom is -0.352 e. The van der Waals surface area contributed by atoms with Crippen molar-refractivity contribution in [3.8, 4) is 0 Å². The number of benzene rings is 4. The van der Waals surface area contributed by atoms with E-state index in [0.29, 0.717) is 21.0 Å². The van der Waals surface area contributed by atoms with Crippen LogP contribution in [0.15, 0.2) is 108 Å². The molecule has 4 rings (SSSR count). The van der Waals surface area contributed by atoms with Crippen LogP contribution in [0.3, 0.4) is 0 Å². The molecule has 0 bridgehead atoms. The quantitative estimate of drug-likeness (QED) is 0.174. The summed E-state index contributed by atoms with van der Waals surface area (Å²) in [6.45, 7) is 4.30. The van der Waals surface area contributed by atoms with E-state index in [0.717, 1.165) is 23.3 Å². The summed E-state index contributed by atoms with van der Waals surface area (Å²) in [5, 5.41) is 3.30. The van der Waals surface area contributed by atoms with Gasteiger partial charge < -0.3 is 10.2 Å². The maximum absolute atomic E-state index is 14.4. The van der Waals surface area contributed by atoms with Gasteiger partial charge in [0.1, 0.15) is 12.6 Å². The molecule has 0 aliphatic carbocycles. The van der Waals surface area contributed by atoms with E-state index in [1.807, 2.05) is 6.07 Å². The van der Waals surface area contributed by atoms with E-state index in [1.165, 1.54) is 23.1 Å². The molecule has 12 heteroatoms. The van der Waals surface area contributed by atoms with Gasteiger partial charge >= 0.3 is 6.18 Å². The number of sulfonamides is 1. The third kappa shape index (κ3) is 9.36. The van der Waals surface area contributed by atoms with Gasteiger partial charge in [-0.15, -0.1) is 0 Å². The first-order chi connectivity index (χ1) is 22.1. The number of amides is 2. The van der Waals surface area contributed by atoms with E-state index in [4.69, 9.17) is 11.6 Å². The molecule has 4 aromatic rings. The molecule has 0 aliphatic heterocycles. The van der Waals surface area contributed by atoms with Crippen molar-refractivity contribution in [1.82, 2.24) is 10.2 Å². The van der Waals surface area contributed by atoms with Crippen LogP contribution >= 0.6 is 11.6 Å². The summed E-state index contributed by atoms with van der Waals surface area (Å²) < 4.78 is 70.1. The molecule has 4 aromatic carbocycles. The molecule has 0 heterocycles. The van der Waals surface area contributed by atoms with Crippen molar-refractivity contribution in [2.75, 3.05) is 10.8 Å². The van der Waals surface area contributed by atoms with Crippen LogP contribution in [-0.4, -0.2) is 43.8 Å². The van der Waals surface area contributed by atoms with Gasteiger partial charge in [-0.25, -0.2) is 8.42 Å². The Morgan fingerprint density at radius 2 is 1.49 bits per heavy atom. The van der Waals surface area contributed by atoms with Crippen LogP contribution in [-0.2, 0) is 38.8 Å². The second-order valence-corrected chi connectivity index (χ2v) is 13.7. The second kappa shape index (κ2) is 15.0. The molecule has 1 N–H and O–H groups in total. The predicted molar refractivity (Wildman–Crippen MR) is 176 cm³/mol.